The molecule has 1 aliphatic heterocycles. The van der Waals surface area contributed by atoms with Crippen molar-refractivity contribution in [2.45, 2.75) is 80.7 Å². The third kappa shape index (κ3) is 14.4. The Hall–Kier alpha value is -4.06. The fourth-order valence-electron chi connectivity index (χ4n) is 4.11. The first kappa shape index (κ1) is 39.9. The predicted octanol–water partition coefficient (Wildman–Crippen LogP) is 7.58. The monoisotopic (exact) mass is 612 g/mol. The number of likely N-dealkylation sites (N-methyl/N-ethyl adjacent to an activating group) is 1. The number of likely N-dealkylation sites (tertiary alicyclic amines) is 1. The molecule has 2 heterocycles. The van der Waals surface area contributed by atoms with Crippen LogP contribution in [0.4, 0.5) is 8.78 Å². The van der Waals surface area contributed by atoms with Crippen LogP contribution in [0.25, 0.3) is 10.9 Å². The van der Waals surface area contributed by atoms with Crippen LogP contribution in [0.1, 0.15) is 77.6 Å². The summed E-state index contributed by atoms with van der Waals surface area (Å²) < 4.78 is 26.2. The van der Waals surface area contributed by atoms with Crippen molar-refractivity contribution in [3.8, 4) is 6.07 Å². The van der Waals surface area contributed by atoms with E-state index >= 15 is 0 Å². The van der Waals surface area contributed by atoms with Crippen LogP contribution in [0.15, 0.2) is 42.5 Å². The van der Waals surface area contributed by atoms with Crippen LogP contribution in [0.3, 0.4) is 0 Å². The van der Waals surface area contributed by atoms with Gasteiger partial charge in [0.2, 0.25) is 12.3 Å². The fourth-order valence-corrected chi connectivity index (χ4v) is 4.11. The summed E-state index contributed by atoms with van der Waals surface area (Å²) in [6, 6.07) is 14.9. The molecule has 44 heavy (non-hydrogen) atoms. The van der Waals surface area contributed by atoms with E-state index in [-0.39, 0.29) is 18.5 Å². The minimum atomic E-state index is -0.512. The van der Waals surface area contributed by atoms with Crippen LogP contribution in [0.5, 0.6) is 0 Å². The highest BCUT2D eigenvalue weighted by molar-refractivity contribution is 5.84. The Labute approximate surface area is 262 Å². The minimum Gasteiger partial charge on any atom is -0.358 e. The van der Waals surface area contributed by atoms with E-state index in [9.17, 15) is 18.4 Å². The van der Waals surface area contributed by atoms with Crippen LogP contribution in [-0.4, -0.2) is 59.6 Å². The number of rotatable bonds is 4. The van der Waals surface area contributed by atoms with Crippen molar-refractivity contribution in [1.29, 1.82) is 5.26 Å². The van der Waals surface area contributed by atoms with Crippen LogP contribution < -0.4 is 0 Å². The van der Waals surface area contributed by atoms with Crippen molar-refractivity contribution in [2.24, 2.45) is 11.8 Å². The van der Waals surface area contributed by atoms with Crippen LogP contribution >= 0.6 is 0 Å². The van der Waals surface area contributed by atoms with Gasteiger partial charge in [-0.25, -0.2) is 8.78 Å². The van der Waals surface area contributed by atoms with Crippen molar-refractivity contribution in [1.82, 2.24) is 14.8 Å². The molecule has 1 aliphatic rings. The number of aryl methyl sites for hydroxylation is 2. The molecule has 7 nitrogen and oxygen atoms in total. The number of hydrogen-bond donors (Lipinski definition) is 1. The zero-order chi connectivity index (χ0) is 34.0. The Morgan fingerprint density at radius 3 is 2.09 bits per heavy atom. The summed E-state index contributed by atoms with van der Waals surface area (Å²) in [4.78, 5) is 36.6. The Bertz CT molecular complexity index is 1330. The van der Waals surface area contributed by atoms with E-state index in [4.69, 9.17) is 10.1 Å². The van der Waals surface area contributed by atoms with Gasteiger partial charge >= 0.3 is 0 Å². The Balaban J connectivity index is 0.000000580. The van der Waals surface area contributed by atoms with Crippen molar-refractivity contribution in [3.05, 3.63) is 70.9 Å². The maximum absolute atomic E-state index is 13.2. The molecule has 2 atom stereocenters. The molecule has 4 rings (SSSR count). The van der Waals surface area contributed by atoms with Gasteiger partial charge in [-0.2, -0.15) is 5.26 Å². The molecule has 2 unspecified atom stereocenters. The zero-order valence-corrected chi connectivity index (χ0v) is 27.9. The van der Waals surface area contributed by atoms with Gasteiger partial charge in [0.1, 0.15) is 24.0 Å². The Morgan fingerprint density at radius 2 is 1.64 bits per heavy atom. The van der Waals surface area contributed by atoms with Gasteiger partial charge in [0, 0.05) is 36.3 Å². The summed E-state index contributed by atoms with van der Waals surface area (Å²) in [6.45, 7) is 18.5. The van der Waals surface area contributed by atoms with Crippen LogP contribution in [-0.2, 0) is 14.4 Å². The highest BCUT2D eigenvalue weighted by atomic mass is 19.1. The lowest BCUT2D eigenvalue weighted by molar-refractivity contribution is -0.135. The first-order valence-corrected chi connectivity index (χ1v) is 14.9. The number of nitrogens with zero attached hydrogens (tertiary/aromatic N) is 3. The van der Waals surface area contributed by atoms with Crippen molar-refractivity contribution < 1.29 is 23.2 Å². The Kier molecular flexibility index (Phi) is 18.9. The summed E-state index contributed by atoms with van der Waals surface area (Å²) >= 11 is 0. The number of amides is 2. The Morgan fingerprint density at radius 1 is 1.09 bits per heavy atom. The lowest BCUT2D eigenvalue weighted by atomic mass is 10.0. The maximum atomic E-state index is 13.2. The lowest BCUT2D eigenvalue weighted by Gasteiger charge is -2.21. The van der Waals surface area contributed by atoms with Gasteiger partial charge in [0.15, 0.2) is 0 Å². The molecule has 3 aromatic rings. The minimum absolute atomic E-state index is 0.0500. The van der Waals surface area contributed by atoms with E-state index in [0.29, 0.717) is 41.3 Å². The summed E-state index contributed by atoms with van der Waals surface area (Å²) in [5.74, 6) is 0.682. The molecule has 1 saturated heterocycles. The number of aldehydes is 1. The average Bonchev–Trinajstić information content (AvgIpc) is 3.55. The van der Waals surface area contributed by atoms with Gasteiger partial charge in [-0.3, -0.25) is 9.59 Å². The molecule has 0 saturated carbocycles. The standard InChI is InChI=1S/C10H9F2N.C10H15N3O2.C9H12.C4H10.C2H4O/c1-5-3-7-9(12)4-8(11)6(2)10(7)13-5;1-8-3-9(4-11)13(5-8)10(15)6-12(2)7-14;1-8(2)9-6-4-3-5-7-9;1-4(2)3;1-2-3/h3-4,13H,1-2H3;7-9H,3,5-6H2,1-2H3;3-8H,1-2H3;4H,1-3H3;2H,1H3. The predicted molar refractivity (Wildman–Crippen MR) is 174 cm³/mol. The summed E-state index contributed by atoms with van der Waals surface area (Å²) in [7, 11) is 1.55. The number of benzene rings is 2. The third-order valence-corrected chi connectivity index (χ3v) is 6.21. The number of H-pyrrole nitrogens is 1. The van der Waals surface area contributed by atoms with Crippen molar-refractivity contribution in [3.63, 3.8) is 0 Å². The summed E-state index contributed by atoms with van der Waals surface area (Å²) in [6.07, 6.45) is 2.09. The molecule has 1 fully saturated rings. The maximum Gasteiger partial charge on any atom is 0.243 e. The first-order chi connectivity index (χ1) is 20.6. The van der Waals surface area contributed by atoms with Gasteiger partial charge in [-0.15, -0.1) is 0 Å². The number of nitrogens with one attached hydrogen (secondary N) is 1. The molecular weight excluding hydrogens is 562 g/mol. The molecule has 0 spiro atoms. The van der Waals surface area contributed by atoms with Gasteiger partial charge in [0.25, 0.3) is 0 Å². The van der Waals surface area contributed by atoms with E-state index in [1.54, 1.807) is 24.9 Å². The van der Waals surface area contributed by atoms with E-state index in [1.807, 2.05) is 19.9 Å². The number of fused-ring (bicyclic) bond motifs is 1. The third-order valence-electron chi connectivity index (χ3n) is 6.21. The molecule has 9 heteroatoms. The van der Waals surface area contributed by atoms with Crippen molar-refractivity contribution >= 4 is 29.5 Å². The van der Waals surface area contributed by atoms with Gasteiger partial charge < -0.3 is 19.6 Å². The second-order valence-electron chi connectivity index (χ2n) is 11.8. The quantitative estimate of drug-likeness (QED) is 0.307. The van der Waals surface area contributed by atoms with Crippen molar-refractivity contribution in [2.75, 3.05) is 20.1 Å². The van der Waals surface area contributed by atoms with Gasteiger partial charge in [-0.05, 0) is 56.6 Å². The average molecular weight is 613 g/mol. The SMILES string of the molecule is CC(C)C.CC(C)c1ccccc1.CC1CC(C#N)N(C(=O)CN(C)C=O)C1.CC=O.Cc1cc2c(F)cc(F)c(C)c2[nH]1. The number of aromatic amines is 1. The van der Waals surface area contributed by atoms with E-state index < -0.39 is 11.6 Å². The summed E-state index contributed by atoms with van der Waals surface area (Å²) in [5, 5.41) is 9.32. The number of carbonyl (C=O) groups excluding carboxylic acids is 3. The second-order valence-corrected chi connectivity index (χ2v) is 11.8. The number of halogens is 2. The molecule has 1 aromatic heterocycles. The lowest BCUT2D eigenvalue weighted by Crippen LogP contribution is -2.41. The molecule has 1 N–H and O–H groups in total. The first-order valence-electron chi connectivity index (χ1n) is 14.9. The number of aromatic nitrogens is 1. The molecular formula is C35H50F2N4O3. The number of hydrogen-bond acceptors (Lipinski definition) is 4. The number of carbonyl (C=O) groups is 3. The molecule has 242 valence electrons. The molecule has 2 aromatic carbocycles. The second kappa shape index (κ2) is 20.8. The van der Waals surface area contributed by atoms with Crippen LogP contribution in [0.2, 0.25) is 0 Å². The normalized spacial score (nSPS) is 14.9. The molecule has 2 amide bonds. The molecule has 0 radical (unpaired) electrons. The topological polar surface area (TPSA) is 97.3 Å². The van der Waals surface area contributed by atoms with Gasteiger partial charge in [0.05, 0.1) is 18.1 Å². The van der Waals surface area contributed by atoms with Gasteiger partial charge in [-0.1, -0.05) is 71.9 Å². The van der Waals surface area contributed by atoms with E-state index in [1.165, 1.54) is 17.4 Å². The largest absolute Gasteiger partial charge is 0.358 e. The van der Waals surface area contributed by atoms with E-state index in [2.05, 4.69) is 69.9 Å². The zero-order valence-electron chi connectivity index (χ0n) is 27.9. The summed E-state index contributed by atoms with van der Waals surface area (Å²) in [5.41, 5.74) is 3.26. The molecule has 0 aliphatic carbocycles. The number of nitriles is 1. The molecule has 0 bridgehead atoms. The highest BCUT2D eigenvalue weighted by Crippen LogP contribution is 2.24. The fraction of sp³-hybridized carbons (Fsp3) is 0.486. The van der Waals surface area contributed by atoms with Crippen LogP contribution in [0, 0.1) is 48.6 Å². The van der Waals surface area contributed by atoms with E-state index in [0.717, 1.165) is 30.4 Å². The highest BCUT2D eigenvalue weighted by Gasteiger charge is 2.33. The smallest absolute Gasteiger partial charge is 0.243 e.